The number of hydrogen-bond acceptors (Lipinski definition) is 2. The molecule has 3 heteroatoms. The van der Waals surface area contributed by atoms with Gasteiger partial charge in [-0.1, -0.05) is 121 Å². The van der Waals surface area contributed by atoms with Crippen LogP contribution in [-0.2, 0) is 0 Å². The van der Waals surface area contributed by atoms with Gasteiger partial charge in [0.25, 0.3) is 0 Å². The molecule has 8 aromatic carbocycles. The topological polar surface area (TPSA) is 4.93 Å². The average Bonchev–Trinajstić information content (AvgIpc) is 3.77. The Morgan fingerprint density at radius 2 is 0.750 bits per heavy atom. The Labute approximate surface area is 313 Å². The molecule has 0 saturated heterocycles. The molecule has 2 aromatic heterocycles. The molecule has 0 aliphatic heterocycles. The second-order valence-corrected chi connectivity index (χ2v) is 14.1. The van der Waals surface area contributed by atoms with Crippen LogP contribution in [0, 0.1) is 0 Å². The van der Waals surface area contributed by atoms with Gasteiger partial charge in [0.1, 0.15) is 0 Å². The first-order valence-corrected chi connectivity index (χ1v) is 19.2. The average molecular weight is 702 g/mol. The number of aromatic nitrogens is 1. The number of thiophene rings is 1. The van der Waals surface area contributed by atoms with Crippen LogP contribution in [0.15, 0.2) is 188 Å². The summed E-state index contributed by atoms with van der Waals surface area (Å²) in [5.41, 5.74) is 13.5. The van der Waals surface area contributed by atoms with E-state index in [1.165, 1.54) is 92.2 Å². The van der Waals surface area contributed by atoms with Crippen LogP contribution >= 0.6 is 24.0 Å². The maximum atomic E-state index is 3.53. The molecule has 0 unspecified atom stereocenters. The summed E-state index contributed by atoms with van der Waals surface area (Å²) in [7, 11) is 0. The molecule has 0 atom stereocenters. The predicted octanol–water partition coefficient (Wildman–Crippen LogP) is 14.4. The summed E-state index contributed by atoms with van der Waals surface area (Å²) in [4.78, 5) is 0. The van der Waals surface area contributed by atoms with E-state index in [0.717, 1.165) is 0 Å². The van der Waals surface area contributed by atoms with Gasteiger partial charge in [0.15, 0.2) is 0 Å². The summed E-state index contributed by atoms with van der Waals surface area (Å²) in [6.07, 6.45) is 1.69. The third-order valence-electron chi connectivity index (χ3n) is 9.99. The molecule has 0 saturated carbocycles. The van der Waals surface area contributed by atoms with Crippen LogP contribution in [0.2, 0.25) is 0 Å². The Balaban J connectivity index is 0.00000177. The van der Waals surface area contributed by atoms with Crippen LogP contribution in [0.1, 0.15) is 0 Å². The van der Waals surface area contributed by atoms with Crippen molar-refractivity contribution < 1.29 is 0 Å². The minimum Gasteiger partial charge on any atom is -0.309 e. The van der Waals surface area contributed by atoms with Gasteiger partial charge in [-0.05, 0) is 117 Å². The number of hydrogen-bond donors (Lipinski definition) is 1. The van der Waals surface area contributed by atoms with Gasteiger partial charge in [-0.25, -0.2) is 0 Å². The zero-order valence-corrected chi connectivity index (χ0v) is 30.4. The first-order chi connectivity index (χ1) is 25.8. The predicted molar refractivity (Wildman–Crippen MR) is 230 cm³/mol. The SMILES string of the molecule is CS.c1ccc(-c2cccc(-c3cccc(-c4ccc5sc6ccc(-c7ccc8c(c7)c7ccccc7n8-c7ccccc7)cc6c5c4)c3)c2)cc1. The highest BCUT2D eigenvalue weighted by Gasteiger charge is 2.14. The molecule has 0 aliphatic rings. The van der Waals surface area contributed by atoms with Crippen molar-refractivity contribution >= 4 is 65.9 Å². The van der Waals surface area contributed by atoms with E-state index in [4.69, 9.17) is 0 Å². The lowest BCUT2D eigenvalue weighted by Gasteiger charge is -2.09. The largest absolute Gasteiger partial charge is 0.309 e. The molecule has 10 aromatic rings. The molecule has 248 valence electrons. The molecule has 2 heterocycles. The fourth-order valence-corrected chi connectivity index (χ4v) is 8.60. The number of thiol groups is 1. The maximum Gasteiger partial charge on any atom is 0.0541 e. The van der Waals surface area contributed by atoms with Gasteiger partial charge in [0, 0.05) is 36.6 Å². The molecule has 0 aliphatic carbocycles. The standard InChI is InChI=1S/C48H31NS.CH4S/c1-3-11-32(12-4-1)33-13-9-14-34(27-33)35-15-10-16-36(28-35)38-22-25-47-43(30-38)44-31-39(23-26-48(44)50-47)37-21-24-46-42(29-37)41-19-7-8-20-45(41)49(46)40-17-5-2-6-18-40;1-2/h1-31H;2H,1H3. The van der Waals surface area contributed by atoms with Crippen LogP contribution in [-0.4, -0.2) is 10.8 Å². The second kappa shape index (κ2) is 13.7. The van der Waals surface area contributed by atoms with E-state index in [1.807, 2.05) is 11.3 Å². The van der Waals surface area contributed by atoms with Crippen molar-refractivity contribution in [3.8, 4) is 50.2 Å². The van der Waals surface area contributed by atoms with Gasteiger partial charge in [-0.15, -0.1) is 11.3 Å². The summed E-state index contributed by atoms with van der Waals surface area (Å²) in [5.74, 6) is 0. The van der Waals surface area contributed by atoms with E-state index in [9.17, 15) is 0 Å². The van der Waals surface area contributed by atoms with Crippen molar-refractivity contribution in [2.24, 2.45) is 0 Å². The van der Waals surface area contributed by atoms with Gasteiger partial charge >= 0.3 is 0 Å². The highest BCUT2D eigenvalue weighted by molar-refractivity contribution is 7.79. The fraction of sp³-hybridized carbons (Fsp3) is 0.0204. The van der Waals surface area contributed by atoms with E-state index >= 15 is 0 Å². The summed E-state index contributed by atoms with van der Waals surface area (Å²) in [5, 5.41) is 5.16. The summed E-state index contributed by atoms with van der Waals surface area (Å²) >= 11 is 5.40. The van der Waals surface area contributed by atoms with Crippen LogP contribution in [0.5, 0.6) is 0 Å². The second-order valence-electron chi connectivity index (χ2n) is 13.0. The number of nitrogens with zero attached hydrogens (tertiary/aromatic N) is 1. The molecule has 0 N–H and O–H groups in total. The van der Waals surface area contributed by atoms with Crippen LogP contribution in [0.3, 0.4) is 0 Å². The minimum atomic E-state index is 1.18. The lowest BCUT2D eigenvalue weighted by Crippen LogP contribution is -1.92. The Morgan fingerprint density at radius 1 is 0.327 bits per heavy atom. The molecule has 10 rings (SSSR count). The molecule has 52 heavy (non-hydrogen) atoms. The summed E-state index contributed by atoms with van der Waals surface area (Å²) in [6, 6.07) is 68.7. The van der Waals surface area contributed by atoms with Crippen LogP contribution in [0.25, 0.3) is 92.2 Å². The third kappa shape index (κ3) is 5.69. The number of fused-ring (bicyclic) bond motifs is 6. The molecule has 0 bridgehead atoms. The normalized spacial score (nSPS) is 11.3. The molecule has 0 spiro atoms. The zero-order chi connectivity index (χ0) is 35.0. The number of rotatable bonds is 5. The quantitative estimate of drug-likeness (QED) is 0.171. The first kappa shape index (κ1) is 32.1. The maximum absolute atomic E-state index is 3.53. The Morgan fingerprint density at radius 3 is 1.35 bits per heavy atom. The van der Waals surface area contributed by atoms with Gasteiger partial charge in [0.05, 0.1) is 11.0 Å². The van der Waals surface area contributed by atoms with Crippen molar-refractivity contribution in [2.45, 2.75) is 0 Å². The Bertz CT molecular complexity index is 2860. The Hall–Kier alpha value is -5.87. The monoisotopic (exact) mass is 701 g/mol. The van der Waals surface area contributed by atoms with Gasteiger partial charge in [-0.3, -0.25) is 0 Å². The highest BCUT2D eigenvalue weighted by Crippen LogP contribution is 2.40. The van der Waals surface area contributed by atoms with E-state index in [1.54, 1.807) is 6.26 Å². The van der Waals surface area contributed by atoms with Crippen molar-refractivity contribution in [3.63, 3.8) is 0 Å². The summed E-state index contributed by atoms with van der Waals surface area (Å²) in [6.45, 7) is 0. The van der Waals surface area contributed by atoms with E-state index < -0.39 is 0 Å². The zero-order valence-electron chi connectivity index (χ0n) is 28.7. The van der Waals surface area contributed by atoms with Crippen LogP contribution < -0.4 is 0 Å². The van der Waals surface area contributed by atoms with Crippen molar-refractivity contribution in [1.82, 2.24) is 4.57 Å². The highest BCUT2D eigenvalue weighted by atomic mass is 32.1. The van der Waals surface area contributed by atoms with Crippen molar-refractivity contribution in [2.75, 3.05) is 6.26 Å². The minimum absolute atomic E-state index is 1.18. The first-order valence-electron chi connectivity index (χ1n) is 17.5. The van der Waals surface area contributed by atoms with Gasteiger partial charge in [-0.2, -0.15) is 12.6 Å². The van der Waals surface area contributed by atoms with Crippen LogP contribution in [0.4, 0.5) is 0 Å². The molecular formula is C49H35NS2. The molecular weight excluding hydrogens is 667 g/mol. The van der Waals surface area contributed by atoms with Crippen molar-refractivity contribution in [1.29, 1.82) is 0 Å². The van der Waals surface area contributed by atoms with Crippen molar-refractivity contribution in [3.05, 3.63) is 188 Å². The van der Waals surface area contributed by atoms with E-state index in [2.05, 4.69) is 205 Å². The summed E-state index contributed by atoms with van der Waals surface area (Å²) < 4.78 is 5.00. The number of para-hydroxylation sites is 2. The fourth-order valence-electron chi connectivity index (χ4n) is 7.53. The third-order valence-corrected chi connectivity index (χ3v) is 11.1. The Kier molecular flexibility index (Phi) is 8.44. The molecule has 1 nitrogen and oxygen atoms in total. The number of benzene rings is 8. The van der Waals surface area contributed by atoms with Gasteiger partial charge < -0.3 is 4.57 Å². The lowest BCUT2D eigenvalue weighted by molar-refractivity contribution is 1.18. The van der Waals surface area contributed by atoms with Gasteiger partial charge in [0.2, 0.25) is 0 Å². The van der Waals surface area contributed by atoms with E-state index in [-0.39, 0.29) is 0 Å². The van der Waals surface area contributed by atoms with E-state index in [0.29, 0.717) is 0 Å². The smallest absolute Gasteiger partial charge is 0.0541 e. The molecule has 0 radical (unpaired) electrons. The molecule has 0 amide bonds. The lowest BCUT2D eigenvalue weighted by atomic mass is 9.95. The molecule has 0 fully saturated rings.